The Bertz CT molecular complexity index is 692. The maximum atomic E-state index is 12.1. The maximum Gasteiger partial charge on any atom is 0.259 e. The molecule has 0 aliphatic carbocycles. The number of aromatic nitrogens is 2. The number of piperazine rings is 1. The largest absolute Gasteiger partial charge is 0.360 e. The van der Waals surface area contributed by atoms with Crippen LogP contribution in [0.2, 0.25) is 0 Å². The molecule has 0 atom stereocenters. The number of amides is 2. The van der Waals surface area contributed by atoms with Crippen molar-refractivity contribution in [1.29, 1.82) is 0 Å². The third-order valence-corrected chi connectivity index (χ3v) is 3.60. The van der Waals surface area contributed by atoms with E-state index in [0.717, 1.165) is 17.9 Å². The lowest BCUT2D eigenvalue weighted by Gasteiger charge is -2.28. The number of benzene rings is 1. The van der Waals surface area contributed by atoms with Crippen molar-refractivity contribution in [3.05, 3.63) is 41.7 Å². The molecule has 114 valence electrons. The van der Waals surface area contributed by atoms with Crippen molar-refractivity contribution in [2.75, 3.05) is 29.9 Å². The average molecular weight is 299 g/mol. The molecule has 3 rings (SSSR count). The van der Waals surface area contributed by atoms with Crippen molar-refractivity contribution < 1.29 is 9.59 Å². The SMILES string of the molecule is Cc1[nH]ncc1C(=O)Nc1ccc(N2CCNC(=O)C2)cc1. The molecule has 1 aliphatic rings. The Hall–Kier alpha value is -2.83. The highest BCUT2D eigenvalue weighted by Gasteiger charge is 2.16. The molecular weight excluding hydrogens is 282 g/mol. The van der Waals surface area contributed by atoms with Gasteiger partial charge in [0, 0.05) is 30.2 Å². The summed E-state index contributed by atoms with van der Waals surface area (Å²) in [6.07, 6.45) is 1.51. The van der Waals surface area contributed by atoms with Gasteiger partial charge in [0.1, 0.15) is 0 Å². The van der Waals surface area contributed by atoms with Crippen LogP contribution in [0.15, 0.2) is 30.5 Å². The third kappa shape index (κ3) is 2.93. The van der Waals surface area contributed by atoms with Crippen LogP contribution in [0.5, 0.6) is 0 Å². The fourth-order valence-corrected chi connectivity index (χ4v) is 2.39. The predicted molar refractivity (Wildman–Crippen MR) is 82.9 cm³/mol. The number of aryl methyl sites for hydroxylation is 1. The van der Waals surface area contributed by atoms with Gasteiger partial charge in [-0.15, -0.1) is 0 Å². The molecule has 0 radical (unpaired) electrons. The second-order valence-corrected chi connectivity index (χ2v) is 5.18. The van der Waals surface area contributed by atoms with Gasteiger partial charge in [0.15, 0.2) is 0 Å². The first-order valence-corrected chi connectivity index (χ1v) is 7.06. The topological polar surface area (TPSA) is 90.1 Å². The van der Waals surface area contributed by atoms with E-state index in [4.69, 9.17) is 0 Å². The summed E-state index contributed by atoms with van der Waals surface area (Å²) in [6.45, 7) is 3.59. The molecular formula is C15H17N5O2. The van der Waals surface area contributed by atoms with E-state index in [2.05, 4.69) is 20.8 Å². The van der Waals surface area contributed by atoms with Gasteiger partial charge in [-0.2, -0.15) is 5.10 Å². The molecule has 2 amide bonds. The molecule has 0 unspecified atom stereocenters. The van der Waals surface area contributed by atoms with E-state index in [-0.39, 0.29) is 11.8 Å². The molecule has 3 N–H and O–H groups in total. The number of nitrogens with one attached hydrogen (secondary N) is 3. The molecule has 2 aromatic rings. The molecule has 7 nitrogen and oxygen atoms in total. The first kappa shape index (κ1) is 14.1. The van der Waals surface area contributed by atoms with Crippen molar-refractivity contribution in [3.8, 4) is 0 Å². The normalized spacial score (nSPS) is 14.6. The number of aromatic amines is 1. The van der Waals surface area contributed by atoms with E-state index in [1.54, 1.807) is 6.92 Å². The number of hydrogen-bond donors (Lipinski definition) is 3. The third-order valence-electron chi connectivity index (χ3n) is 3.60. The molecule has 1 aromatic heterocycles. The molecule has 1 aliphatic heterocycles. The molecule has 0 bridgehead atoms. The van der Waals surface area contributed by atoms with Crippen LogP contribution in [-0.2, 0) is 4.79 Å². The molecule has 1 fully saturated rings. The zero-order valence-electron chi connectivity index (χ0n) is 12.2. The minimum absolute atomic E-state index is 0.0269. The molecule has 7 heteroatoms. The molecule has 1 saturated heterocycles. The fraction of sp³-hybridized carbons (Fsp3) is 0.267. The summed E-state index contributed by atoms with van der Waals surface area (Å²) in [5.74, 6) is -0.171. The number of H-pyrrole nitrogens is 1. The van der Waals surface area contributed by atoms with E-state index in [0.29, 0.717) is 24.3 Å². The molecule has 1 aromatic carbocycles. The van der Waals surface area contributed by atoms with Gasteiger partial charge in [-0.1, -0.05) is 0 Å². The molecule has 22 heavy (non-hydrogen) atoms. The molecule has 0 spiro atoms. The van der Waals surface area contributed by atoms with Crippen molar-refractivity contribution in [2.45, 2.75) is 6.92 Å². The van der Waals surface area contributed by atoms with E-state index in [1.165, 1.54) is 6.20 Å². The van der Waals surface area contributed by atoms with Gasteiger partial charge in [0.25, 0.3) is 5.91 Å². The predicted octanol–water partition coefficient (Wildman–Crippen LogP) is 0.907. The number of carbonyl (C=O) groups excluding carboxylic acids is 2. The fourth-order valence-electron chi connectivity index (χ4n) is 2.39. The molecule has 0 saturated carbocycles. The lowest BCUT2D eigenvalue weighted by molar-refractivity contribution is -0.120. The van der Waals surface area contributed by atoms with Crippen LogP contribution < -0.4 is 15.5 Å². The number of rotatable bonds is 3. The van der Waals surface area contributed by atoms with Gasteiger partial charge < -0.3 is 15.5 Å². The summed E-state index contributed by atoms with van der Waals surface area (Å²) in [5, 5.41) is 12.2. The number of carbonyl (C=O) groups is 2. The van der Waals surface area contributed by atoms with Gasteiger partial charge in [0.05, 0.1) is 18.3 Å². The van der Waals surface area contributed by atoms with Crippen molar-refractivity contribution in [3.63, 3.8) is 0 Å². The highest BCUT2D eigenvalue weighted by molar-refractivity contribution is 6.04. The quantitative estimate of drug-likeness (QED) is 0.785. The highest BCUT2D eigenvalue weighted by Crippen LogP contribution is 2.19. The van der Waals surface area contributed by atoms with E-state index >= 15 is 0 Å². The van der Waals surface area contributed by atoms with Gasteiger partial charge in [0.2, 0.25) is 5.91 Å². The van der Waals surface area contributed by atoms with Crippen LogP contribution in [-0.4, -0.2) is 41.6 Å². The lowest BCUT2D eigenvalue weighted by Crippen LogP contribution is -2.47. The number of hydrogen-bond acceptors (Lipinski definition) is 4. The zero-order valence-corrected chi connectivity index (χ0v) is 12.2. The van der Waals surface area contributed by atoms with Crippen molar-refractivity contribution in [2.24, 2.45) is 0 Å². The Morgan fingerprint density at radius 3 is 2.73 bits per heavy atom. The highest BCUT2D eigenvalue weighted by atomic mass is 16.2. The minimum atomic E-state index is -0.198. The van der Waals surface area contributed by atoms with Crippen LogP contribution in [0.25, 0.3) is 0 Å². The Labute approximate surface area is 127 Å². The lowest BCUT2D eigenvalue weighted by atomic mass is 10.2. The summed E-state index contributed by atoms with van der Waals surface area (Å²) in [5.41, 5.74) is 2.92. The zero-order chi connectivity index (χ0) is 15.5. The Kier molecular flexibility index (Phi) is 3.78. The van der Waals surface area contributed by atoms with Gasteiger partial charge in [-0.3, -0.25) is 14.7 Å². The first-order valence-electron chi connectivity index (χ1n) is 7.06. The summed E-state index contributed by atoms with van der Waals surface area (Å²) >= 11 is 0. The smallest absolute Gasteiger partial charge is 0.259 e. The second-order valence-electron chi connectivity index (χ2n) is 5.18. The number of anilines is 2. The van der Waals surface area contributed by atoms with Gasteiger partial charge in [-0.25, -0.2) is 0 Å². The minimum Gasteiger partial charge on any atom is -0.360 e. The van der Waals surface area contributed by atoms with Gasteiger partial charge >= 0.3 is 0 Å². The Morgan fingerprint density at radius 2 is 2.09 bits per heavy atom. The average Bonchev–Trinajstić information content (AvgIpc) is 2.94. The van der Waals surface area contributed by atoms with Crippen molar-refractivity contribution in [1.82, 2.24) is 15.5 Å². The van der Waals surface area contributed by atoms with E-state index in [9.17, 15) is 9.59 Å². The summed E-state index contributed by atoms with van der Waals surface area (Å²) in [6, 6.07) is 7.46. The van der Waals surface area contributed by atoms with Crippen LogP contribution in [0.3, 0.4) is 0 Å². The van der Waals surface area contributed by atoms with E-state index < -0.39 is 0 Å². The number of nitrogens with zero attached hydrogens (tertiary/aromatic N) is 2. The maximum absolute atomic E-state index is 12.1. The Balaban J connectivity index is 1.68. The van der Waals surface area contributed by atoms with Crippen molar-refractivity contribution >= 4 is 23.2 Å². The summed E-state index contributed by atoms with van der Waals surface area (Å²) < 4.78 is 0. The molecule has 2 heterocycles. The summed E-state index contributed by atoms with van der Waals surface area (Å²) in [7, 11) is 0. The van der Waals surface area contributed by atoms with Crippen LogP contribution in [0, 0.1) is 6.92 Å². The van der Waals surface area contributed by atoms with E-state index in [1.807, 2.05) is 29.2 Å². The first-order chi connectivity index (χ1) is 10.6. The standard InChI is InChI=1S/C15H17N5O2/c1-10-13(8-17-19-10)15(22)18-11-2-4-12(5-3-11)20-7-6-16-14(21)9-20/h2-5,8H,6-7,9H2,1H3,(H,16,21)(H,17,19)(H,18,22). The Morgan fingerprint density at radius 1 is 1.32 bits per heavy atom. The van der Waals surface area contributed by atoms with Crippen LogP contribution in [0.1, 0.15) is 16.1 Å². The van der Waals surface area contributed by atoms with Gasteiger partial charge in [-0.05, 0) is 31.2 Å². The second kappa shape index (κ2) is 5.88. The van der Waals surface area contributed by atoms with Crippen LogP contribution in [0.4, 0.5) is 11.4 Å². The van der Waals surface area contributed by atoms with Crippen LogP contribution >= 0.6 is 0 Å². The summed E-state index contributed by atoms with van der Waals surface area (Å²) in [4.78, 5) is 25.5. The monoisotopic (exact) mass is 299 g/mol.